The standard InChI is InChI=1S/C15H25N5O2/c1-4-6-7-8-9-16-14-17-12-11(20(14)10-5-2)13(21)18-15(22)19(12)3/h5,11-12H,2,4,6-10H2,1,3H3,(H,16,17)(H,18,21,22). The summed E-state index contributed by atoms with van der Waals surface area (Å²) in [6.45, 7) is 7.14. The van der Waals surface area contributed by atoms with Crippen molar-refractivity contribution in [2.75, 3.05) is 20.1 Å². The number of urea groups is 1. The van der Waals surface area contributed by atoms with Crippen LogP contribution in [-0.2, 0) is 4.79 Å². The summed E-state index contributed by atoms with van der Waals surface area (Å²) in [5, 5.41) is 5.57. The van der Waals surface area contributed by atoms with E-state index in [2.05, 4.69) is 29.1 Å². The zero-order valence-electron chi connectivity index (χ0n) is 13.3. The Morgan fingerprint density at radius 2 is 2.09 bits per heavy atom. The molecule has 2 unspecified atom stereocenters. The van der Waals surface area contributed by atoms with E-state index < -0.39 is 6.04 Å². The van der Waals surface area contributed by atoms with Crippen LogP contribution in [0.25, 0.3) is 0 Å². The van der Waals surface area contributed by atoms with Gasteiger partial charge in [-0.2, -0.15) is 0 Å². The molecule has 2 aliphatic heterocycles. The fourth-order valence-electron chi connectivity index (χ4n) is 2.78. The third-order valence-corrected chi connectivity index (χ3v) is 4.02. The van der Waals surface area contributed by atoms with Crippen LogP contribution in [0, 0.1) is 0 Å². The van der Waals surface area contributed by atoms with Crippen LogP contribution in [0.5, 0.6) is 0 Å². The Labute approximate surface area is 131 Å². The van der Waals surface area contributed by atoms with Crippen molar-refractivity contribution in [2.24, 2.45) is 4.99 Å². The molecule has 2 heterocycles. The van der Waals surface area contributed by atoms with Gasteiger partial charge < -0.3 is 15.1 Å². The number of guanidine groups is 1. The highest BCUT2D eigenvalue weighted by atomic mass is 16.2. The Hall–Kier alpha value is -2.05. The third-order valence-electron chi connectivity index (χ3n) is 4.02. The van der Waals surface area contributed by atoms with Gasteiger partial charge in [-0.05, 0) is 6.42 Å². The van der Waals surface area contributed by atoms with Gasteiger partial charge in [0.2, 0.25) is 0 Å². The minimum atomic E-state index is -0.463. The van der Waals surface area contributed by atoms with Crippen molar-refractivity contribution >= 4 is 17.9 Å². The number of fused-ring (bicyclic) bond motifs is 1. The Morgan fingerprint density at radius 1 is 1.32 bits per heavy atom. The topological polar surface area (TPSA) is 77.0 Å². The van der Waals surface area contributed by atoms with Crippen LogP contribution in [0.4, 0.5) is 4.79 Å². The lowest BCUT2D eigenvalue weighted by Gasteiger charge is -2.35. The second-order valence-electron chi connectivity index (χ2n) is 5.65. The second-order valence-corrected chi connectivity index (χ2v) is 5.65. The summed E-state index contributed by atoms with van der Waals surface area (Å²) in [4.78, 5) is 31.8. The molecule has 2 fully saturated rings. The lowest BCUT2D eigenvalue weighted by molar-refractivity contribution is -0.126. The zero-order valence-corrected chi connectivity index (χ0v) is 13.3. The molecule has 0 aromatic rings. The molecule has 0 radical (unpaired) electrons. The van der Waals surface area contributed by atoms with Crippen molar-refractivity contribution in [1.82, 2.24) is 20.4 Å². The van der Waals surface area contributed by atoms with Crippen molar-refractivity contribution in [1.29, 1.82) is 0 Å². The summed E-state index contributed by atoms with van der Waals surface area (Å²) < 4.78 is 0. The average molecular weight is 307 g/mol. The minimum Gasteiger partial charge on any atom is -0.333 e. The fraction of sp³-hybridized carbons (Fsp3) is 0.667. The smallest absolute Gasteiger partial charge is 0.325 e. The molecule has 2 aliphatic rings. The lowest BCUT2D eigenvalue weighted by atomic mass is 10.1. The quantitative estimate of drug-likeness (QED) is 0.541. The molecule has 0 aliphatic carbocycles. The molecule has 3 amide bonds. The van der Waals surface area contributed by atoms with Gasteiger partial charge in [0, 0.05) is 20.1 Å². The first-order valence-corrected chi connectivity index (χ1v) is 7.86. The highest BCUT2D eigenvalue weighted by Gasteiger charge is 2.49. The Kier molecular flexibility index (Phi) is 5.41. The van der Waals surface area contributed by atoms with E-state index in [1.165, 1.54) is 17.7 Å². The number of hydrogen-bond acceptors (Lipinski definition) is 3. The van der Waals surface area contributed by atoms with E-state index in [1.807, 2.05) is 4.90 Å². The van der Waals surface area contributed by atoms with Crippen LogP contribution in [0.1, 0.15) is 32.6 Å². The molecule has 2 N–H and O–H groups in total. The number of hydrogen-bond donors (Lipinski definition) is 2. The van der Waals surface area contributed by atoms with Crippen LogP contribution in [0.2, 0.25) is 0 Å². The lowest BCUT2D eigenvalue weighted by Crippen LogP contribution is -2.64. The van der Waals surface area contributed by atoms with Crippen molar-refractivity contribution in [3.63, 3.8) is 0 Å². The number of carbonyl (C=O) groups excluding carboxylic acids is 2. The summed E-state index contributed by atoms with van der Waals surface area (Å²) in [5.41, 5.74) is 0. The predicted molar refractivity (Wildman–Crippen MR) is 85.4 cm³/mol. The normalized spacial score (nSPS) is 26.0. The van der Waals surface area contributed by atoms with Gasteiger partial charge in [0.1, 0.15) is 6.17 Å². The number of imide groups is 1. The zero-order chi connectivity index (χ0) is 16.1. The van der Waals surface area contributed by atoms with E-state index >= 15 is 0 Å². The first kappa shape index (κ1) is 16.3. The summed E-state index contributed by atoms with van der Waals surface area (Å²) in [7, 11) is 1.67. The molecule has 0 spiro atoms. The summed E-state index contributed by atoms with van der Waals surface area (Å²) in [6, 6.07) is -0.850. The highest BCUT2D eigenvalue weighted by molar-refractivity contribution is 6.04. The molecule has 22 heavy (non-hydrogen) atoms. The van der Waals surface area contributed by atoms with Crippen molar-refractivity contribution in [3.8, 4) is 0 Å². The number of carbonyl (C=O) groups is 2. The molecule has 0 bridgehead atoms. The number of unbranched alkanes of at least 4 members (excludes halogenated alkanes) is 3. The number of likely N-dealkylation sites (N-methyl/N-ethyl adjacent to an activating group) is 1. The van der Waals surface area contributed by atoms with E-state index in [1.54, 1.807) is 13.1 Å². The molecular formula is C15H25N5O2. The Balaban J connectivity index is 2.10. The maximum Gasteiger partial charge on any atom is 0.325 e. The summed E-state index contributed by atoms with van der Waals surface area (Å²) >= 11 is 0. The first-order valence-electron chi connectivity index (χ1n) is 7.86. The van der Waals surface area contributed by atoms with E-state index in [0.717, 1.165) is 12.8 Å². The molecule has 2 rings (SSSR count). The molecule has 7 nitrogen and oxygen atoms in total. The largest absolute Gasteiger partial charge is 0.333 e. The number of nitrogens with zero attached hydrogens (tertiary/aromatic N) is 3. The molecule has 2 atom stereocenters. The van der Waals surface area contributed by atoms with E-state index in [-0.39, 0.29) is 18.1 Å². The molecule has 0 aromatic heterocycles. The van der Waals surface area contributed by atoms with Crippen molar-refractivity contribution < 1.29 is 9.59 Å². The van der Waals surface area contributed by atoms with Gasteiger partial charge in [0.15, 0.2) is 12.0 Å². The summed E-state index contributed by atoms with van der Waals surface area (Å²) in [6.07, 6.45) is 5.93. The molecule has 0 saturated carbocycles. The van der Waals surface area contributed by atoms with E-state index in [0.29, 0.717) is 19.0 Å². The maximum absolute atomic E-state index is 12.1. The van der Waals surface area contributed by atoms with Gasteiger partial charge in [0.25, 0.3) is 5.91 Å². The molecule has 7 heteroatoms. The highest BCUT2D eigenvalue weighted by Crippen LogP contribution is 2.20. The number of aliphatic imine (C=N–C) groups is 1. The van der Waals surface area contributed by atoms with Crippen molar-refractivity contribution in [3.05, 3.63) is 12.7 Å². The van der Waals surface area contributed by atoms with Gasteiger partial charge in [-0.25, -0.2) is 4.79 Å². The van der Waals surface area contributed by atoms with Crippen LogP contribution in [0.3, 0.4) is 0 Å². The third kappa shape index (κ3) is 3.23. The van der Waals surface area contributed by atoms with Gasteiger partial charge in [-0.15, -0.1) is 6.58 Å². The molecule has 122 valence electrons. The first-order chi connectivity index (χ1) is 10.6. The van der Waals surface area contributed by atoms with Gasteiger partial charge in [-0.1, -0.05) is 32.3 Å². The Morgan fingerprint density at radius 3 is 2.77 bits per heavy atom. The minimum absolute atomic E-state index is 0.293. The Bertz CT molecular complexity index is 477. The van der Waals surface area contributed by atoms with Gasteiger partial charge >= 0.3 is 6.03 Å². The monoisotopic (exact) mass is 307 g/mol. The van der Waals surface area contributed by atoms with Crippen LogP contribution < -0.4 is 10.6 Å². The van der Waals surface area contributed by atoms with E-state index in [4.69, 9.17) is 0 Å². The molecule has 2 saturated heterocycles. The number of amides is 3. The van der Waals surface area contributed by atoms with Crippen molar-refractivity contribution in [2.45, 2.75) is 44.8 Å². The number of nitrogens with one attached hydrogen (secondary N) is 2. The van der Waals surface area contributed by atoms with E-state index in [9.17, 15) is 9.59 Å². The summed E-state index contributed by atoms with van der Waals surface area (Å²) in [5.74, 6) is 0.377. The molecule has 0 aromatic carbocycles. The molecular weight excluding hydrogens is 282 g/mol. The average Bonchev–Trinajstić information content (AvgIpc) is 2.85. The second kappa shape index (κ2) is 7.29. The number of rotatable bonds is 7. The fourth-order valence-corrected chi connectivity index (χ4v) is 2.78. The predicted octanol–water partition coefficient (Wildman–Crippen LogP) is 0.890. The maximum atomic E-state index is 12.1. The van der Waals surface area contributed by atoms with Gasteiger partial charge in [-0.3, -0.25) is 15.1 Å². The SMILES string of the molecule is C=CCN1C(=NCCCCCC)NC2C1C(=O)NC(=O)N2C. The van der Waals surface area contributed by atoms with Crippen LogP contribution in [0.15, 0.2) is 17.6 Å². The van der Waals surface area contributed by atoms with Gasteiger partial charge in [0.05, 0.1) is 0 Å². The van der Waals surface area contributed by atoms with Crippen LogP contribution in [-0.4, -0.2) is 60.0 Å². The van der Waals surface area contributed by atoms with Crippen LogP contribution >= 0.6 is 0 Å².